The normalized spacial score (nSPS) is 12.8. The second kappa shape index (κ2) is 7.18. The predicted molar refractivity (Wildman–Crippen MR) is 94.3 cm³/mol. The van der Waals surface area contributed by atoms with Crippen LogP contribution >= 0.6 is 11.3 Å². The fourth-order valence-electron chi connectivity index (χ4n) is 2.87. The van der Waals surface area contributed by atoms with E-state index in [9.17, 15) is 9.59 Å². The van der Waals surface area contributed by atoms with Crippen LogP contribution in [-0.2, 0) is 28.9 Å². The van der Waals surface area contributed by atoms with Gasteiger partial charge < -0.3 is 9.64 Å². The number of hydrogen-bond donors (Lipinski definition) is 0. The number of amides is 1. The summed E-state index contributed by atoms with van der Waals surface area (Å²) >= 11 is 1.50. The molecule has 5 heteroatoms. The fourth-order valence-corrected chi connectivity index (χ4v) is 4.02. The minimum atomic E-state index is -0.396. The van der Waals surface area contributed by atoms with E-state index in [0.29, 0.717) is 11.4 Å². The number of fused-ring (bicyclic) bond motifs is 1. The fraction of sp³-hybridized carbons (Fsp3) is 0.368. The van der Waals surface area contributed by atoms with Gasteiger partial charge in [0.15, 0.2) is 6.61 Å². The van der Waals surface area contributed by atoms with Crippen molar-refractivity contribution in [2.75, 3.05) is 13.7 Å². The minimum absolute atomic E-state index is 0.198. The zero-order valence-corrected chi connectivity index (χ0v) is 14.8. The van der Waals surface area contributed by atoms with Gasteiger partial charge in [0.25, 0.3) is 5.91 Å². The van der Waals surface area contributed by atoms with Crippen LogP contribution in [0.2, 0.25) is 0 Å². The summed E-state index contributed by atoms with van der Waals surface area (Å²) in [6, 6.07) is 9.86. The molecule has 0 N–H and O–H groups in total. The van der Waals surface area contributed by atoms with Crippen molar-refractivity contribution in [3.05, 3.63) is 56.8 Å². The van der Waals surface area contributed by atoms with Gasteiger partial charge in [0.2, 0.25) is 0 Å². The summed E-state index contributed by atoms with van der Waals surface area (Å²) in [6.07, 6.45) is 3.25. The number of nitrogens with zero attached hydrogens (tertiary/aromatic N) is 1. The number of esters is 1. The van der Waals surface area contributed by atoms with Crippen molar-refractivity contribution in [1.29, 1.82) is 0 Å². The Balaban J connectivity index is 1.52. The molecule has 126 valence electrons. The monoisotopic (exact) mass is 343 g/mol. The first kappa shape index (κ1) is 16.7. The van der Waals surface area contributed by atoms with E-state index < -0.39 is 5.97 Å². The third-order valence-electron chi connectivity index (χ3n) is 4.37. The minimum Gasteiger partial charge on any atom is -0.451 e. The summed E-state index contributed by atoms with van der Waals surface area (Å²) in [5.41, 5.74) is 3.49. The smallest absolute Gasteiger partial charge is 0.348 e. The first-order valence-electron chi connectivity index (χ1n) is 8.12. The molecule has 3 rings (SSSR count). The van der Waals surface area contributed by atoms with Crippen LogP contribution in [-0.4, -0.2) is 30.4 Å². The van der Waals surface area contributed by atoms with Crippen LogP contribution in [0.15, 0.2) is 30.3 Å². The molecule has 4 nitrogen and oxygen atoms in total. The molecule has 1 aromatic heterocycles. The molecule has 1 aromatic carbocycles. The Labute approximate surface area is 146 Å². The number of carbonyl (C=O) groups is 2. The third kappa shape index (κ3) is 3.67. The molecule has 0 spiro atoms. The number of ether oxygens (including phenoxy) is 1. The topological polar surface area (TPSA) is 46.6 Å². The van der Waals surface area contributed by atoms with Gasteiger partial charge in [-0.1, -0.05) is 24.3 Å². The van der Waals surface area contributed by atoms with E-state index in [4.69, 9.17) is 4.74 Å². The predicted octanol–water partition coefficient (Wildman–Crippen LogP) is 3.36. The summed E-state index contributed by atoms with van der Waals surface area (Å²) in [5.74, 6) is -0.595. The molecule has 2 aromatic rings. The number of hydrogen-bond acceptors (Lipinski definition) is 4. The standard InChI is InChI=1S/C19H21NO3S/c1-13-6-3-4-7-15(13)11-20(2)18(21)12-23-19(22)17-10-14-8-5-9-16(14)24-17/h3-4,6-7,10H,5,8-9,11-12H2,1-2H3. The van der Waals surface area contributed by atoms with E-state index in [1.807, 2.05) is 37.3 Å². The van der Waals surface area contributed by atoms with E-state index in [2.05, 4.69) is 0 Å². The number of aryl methyl sites for hydroxylation is 3. The van der Waals surface area contributed by atoms with Gasteiger partial charge in [-0.05, 0) is 48.9 Å². The lowest BCUT2D eigenvalue weighted by Crippen LogP contribution is -2.31. The molecule has 0 unspecified atom stereocenters. The van der Waals surface area contributed by atoms with E-state index in [-0.39, 0.29) is 12.5 Å². The molecule has 0 fully saturated rings. The lowest BCUT2D eigenvalue weighted by atomic mass is 10.1. The Morgan fingerprint density at radius 1 is 1.25 bits per heavy atom. The number of thiophene rings is 1. The van der Waals surface area contributed by atoms with Crippen molar-refractivity contribution in [2.45, 2.75) is 32.7 Å². The maximum atomic E-state index is 12.2. The SMILES string of the molecule is Cc1ccccc1CN(C)C(=O)COC(=O)c1cc2c(s1)CCC2. The molecule has 24 heavy (non-hydrogen) atoms. The maximum Gasteiger partial charge on any atom is 0.348 e. The van der Waals surface area contributed by atoms with Gasteiger partial charge in [0.1, 0.15) is 4.88 Å². The summed E-state index contributed by atoms with van der Waals surface area (Å²) < 4.78 is 5.20. The molecular formula is C19H21NO3S. The molecule has 1 amide bonds. The summed E-state index contributed by atoms with van der Waals surface area (Å²) in [7, 11) is 1.72. The van der Waals surface area contributed by atoms with Crippen LogP contribution in [0.3, 0.4) is 0 Å². The van der Waals surface area contributed by atoms with Gasteiger partial charge in [-0.25, -0.2) is 4.79 Å². The Bertz CT molecular complexity index is 744. The van der Waals surface area contributed by atoms with Crippen LogP contribution in [0.25, 0.3) is 0 Å². The van der Waals surface area contributed by atoms with Crippen molar-refractivity contribution < 1.29 is 14.3 Å². The average Bonchev–Trinajstić information content (AvgIpc) is 3.16. The molecule has 1 aliphatic rings. The lowest BCUT2D eigenvalue weighted by molar-refractivity contribution is -0.133. The van der Waals surface area contributed by atoms with Crippen LogP contribution in [0.1, 0.15) is 37.7 Å². The summed E-state index contributed by atoms with van der Waals surface area (Å²) in [6.45, 7) is 2.31. The maximum absolute atomic E-state index is 12.2. The molecule has 0 atom stereocenters. The van der Waals surface area contributed by atoms with Gasteiger partial charge in [0.05, 0.1) is 0 Å². The van der Waals surface area contributed by atoms with Crippen LogP contribution in [0.4, 0.5) is 0 Å². The van der Waals surface area contributed by atoms with Gasteiger partial charge in [-0.2, -0.15) is 0 Å². The first-order valence-corrected chi connectivity index (χ1v) is 8.93. The van der Waals surface area contributed by atoms with Gasteiger partial charge in [-0.15, -0.1) is 11.3 Å². The van der Waals surface area contributed by atoms with E-state index in [1.54, 1.807) is 11.9 Å². The van der Waals surface area contributed by atoms with Crippen molar-refractivity contribution in [2.24, 2.45) is 0 Å². The van der Waals surface area contributed by atoms with Crippen molar-refractivity contribution in [3.8, 4) is 0 Å². The second-order valence-corrected chi connectivity index (χ2v) is 7.30. The third-order valence-corrected chi connectivity index (χ3v) is 5.59. The number of benzene rings is 1. The molecular weight excluding hydrogens is 322 g/mol. The zero-order chi connectivity index (χ0) is 17.1. The Morgan fingerprint density at radius 2 is 2.04 bits per heavy atom. The zero-order valence-electron chi connectivity index (χ0n) is 14.0. The van der Waals surface area contributed by atoms with Gasteiger partial charge in [0, 0.05) is 18.5 Å². The van der Waals surface area contributed by atoms with E-state index in [0.717, 1.165) is 24.0 Å². The quantitative estimate of drug-likeness (QED) is 0.782. The molecule has 0 aliphatic heterocycles. The molecule has 1 heterocycles. The summed E-state index contributed by atoms with van der Waals surface area (Å²) in [4.78, 5) is 27.8. The van der Waals surface area contributed by atoms with Crippen molar-refractivity contribution in [1.82, 2.24) is 4.90 Å². The van der Waals surface area contributed by atoms with Crippen molar-refractivity contribution in [3.63, 3.8) is 0 Å². The molecule has 0 saturated carbocycles. The van der Waals surface area contributed by atoms with Crippen LogP contribution in [0, 0.1) is 6.92 Å². The van der Waals surface area contributed by atoms with Gasteiger partial charge in [-0.3, -0.25) is 4.79 Å². The second-order valence-electron chi connectivity index (χ2n) is 6.17. The van der Waals surface area contributed by atoms with Gasteiger partial charge >= 0.3 is 5.97 Å². The molecule has 0 bridgehead atoms. The number of carbonyl (C=O) groups excluding carboxylic acids is 2. The van der Waals surface area contributed by atoms with Crippen LogP contribution in [0.5, 0.6) is 0 Å². The average molecular weight is 343 g/mol. The van der Waals surface area contributed by atoms with E-state index >= 15 is 0 Å². The molecule has 0 radical (unpaired) electrons. The Kier molecular flexibility index (Phi) is 5.00. The highest BCUT2D eigenvalue weighted by Gasteiger charge is 2.20. The Morgan fingerprint density at radius 3 is 2.79 bits per heavy atom. The number of rotatable bonds is 5. The van der Waals surface area contributed by atoms with Crippen molar-refractivity contribution >= 4 is 23.2 Å². The highest BCUT2D eigenvalue weighted by atomic mass is 32.1. The Hall–Kier alpha value is -2.14. The number of likely N-dealkylation sites (N-methyl/N-ethyl adjacent to an activating group) is 1. The highest BCUT2D eigenvalue weighted by molar-refractivity contribution is 7.14. The highest BCUT2D eigenvalue weighted by Crippen LogP contribution is 2.30. The van der Waals surface area contributed by atoms with E-state index in [1.165, 1.54) is 28.2 Å². The van der Waals surface area contributed by atoms with Crippen LogP contribution < -0.4 is 0 Å². The largest absolute Gasteiger partial charge is 0.451 e. The lowest BCUT2D eigenvalue weighted by Gasteiger charge is -2.18. The molecule has 0 saturated heterocycles. The summed E-state index contributed by atoms with van der Waals surface area (Å²) in [5, 5.41) is 0. The molecule has 1 aliphatic carbocycles. The first-order chi connectivity index (χ1) is 11.5.